The lowest BCUT2D eigenvalue weighted by atomic mass is 10.3. The Morgan fingerprint density at radius 3 is 2.67 bits per heavy atom. The molecule has 0 amide bonds. The monoisotopic (exact) mass is 268 g/mol. The maximum atomic E-state index is 12.3. The van der Waals surface area contributed by atoms with Crippen molar-refractivity contribution in [2.45, 2.75) is 17.7 Å². The maximum Gasteiger partial charge on any atom is 0.417 e. The number of H-pyrrole nitrogens is 1. The van der Waals surface area contributed by atoms with Gasteiger partial charge < -0.3 is 4.42 Å². The van der Waals surface area contributed by atoms with Crippen molar-refractivity contribution in [3.8, 4) is 0 Å². The molecule has 7 heteroatoms. The van der Waals surface area contributed by atoms with Crippen LogP contribution >= 0.6 is 0 Å². The summed E-state index contributed by atoms with van der Waals surface area (Å²) in [5.74, 6) is -0.583. The molecule has 3 rings (SSSR count). The number of rotatable bonds is 2. The van der Waals surface area contributed by atoms with Crippen LogP contribution in [0.1, 0.15) is 12.8 Å². The first-order valence-electron chi connectivity index (χ1n) is 5.70. The van der Waals surface area contributed by atoms with Crippen molar-refractivity contribution in [3.63, 3.8) is 0 Å². The maximum absolute atomic E-state index is 12.3. The second-order valence-electron chi connectivity index (χ2n) is 4.28. The van der Waals surface area contributed by atoms with Gasteiger partial charge in [-0.15, -0.1) is 0 Å². The number of hydrogen-bond donors (Lipinski definition) is 1. The van der Waals surface area contributed by atoms with Gasteiger partial charge in [0, 0.05) is 19.2 Å². The van der Waals surface area contributed by atoms with Gasteiger partial charge in [0.15, 0.2) is 5.58 Å². The molecule has 2 aromatic rings. The zero-order valence-electron chi connectivity index (χ0n) is 9.55. The minimum absolute atomic E-state index is 0.166. The molecule has 6 nitrogen and oxygen atoms in total. The van der Waals surface area contributed by atoms with Gasteiger partial charge in [-0.2, -0.15) is 4.31 Å². The van der Waals surface area contributed by atoms with E-state index in [0.29, 0.717) is 18.6 Å². The van der Waals surface area contributed by atoms with E-state index in [9.17, 15) is 13.2 Å². The summed E-state index contributed by atoms with van der Waals surface area (Å²) in [4.78, 5) is 13.7. The van der Waals surface area contributed by atoms with Crippen LogP contribution < -0.4 is 5.76 Å². The van der Waals surface area contributed by atoms with Crippen molar-refractivity contribution >= 4 is 21.1 Å². The summed E-state index contributed by atoms with van der Waals surface area (Å²) >= 11 is 0. The van der Waals surface area contributed by atoms with Gasteiger partial charge in [-0.25, -0.2) is 13.2 Å². The van der Waals surface area contributed by atoms with Crippen molar-refractivity contribution in [2.24, 2.45) is 0 Å². The number of aromatic amines is 1. The average Bonchev–Trinajstić information content (AvgIpc) is 2.95. The van der Waals surface area contributed by atoms with Crippen molar-refractivity contribution in [2.75, 3.05) is 13.1 Å². The SMILES string of the molecule is O=c1[nH]c2ccc(S(=O)(=O)N3CCCC3)cc2o1. The fourth-order valence-corrected chi connectivity index (χ4v) is 3.70. The molecule has 18 heavy (non-hydrogen) atoms. The van der Waals surface area contributed by atoms with Crippen molar-refractivity contribution < 1.29 is 12.8 Å². The van der Waals surface area contributed by atoms with Crippen LogP contribution in [0.15, 0.2) is 32.3 Å². The van der Waals surface area contributed by atoms with Gasteiger partial charge in [-0.1, -0.05) is 0 Å². The molecule has 0 unspecified atom stereocenters. The Morgan fingerprint density at radius 2 is 1.94 bits per heavy atom. The third-order valence-electron chi connectivity index (χ3n) is 3.10. The Balaban J connectivity index is 2.10. The minimum Gasteiger partial charge on any atom is -0.408 e. The molecule has 0 saturated carbocycles. The molecule has 1 aromatic carbocycles. The van der Waals surface area contributed by atoms with Crippen LogP contribution in [-0.4, -0.2) is 30.8 Å². The first kappa shape index (κ1) is 11.5. The number of benzene rings is 1. The fraction of sp³-hybridized carbons (Fsp3) is 0.364. The third-order valence-corrected chi connectivity index (χ3v) is 4.99. The Labute approximate surface area is 103 Å². The summed E-state index contributed by atoms with van der Waals surface area (Å²) in [5.41, 5.74) is 0.764. The highest BCUT2D eigenvalue weighted by Crippen LogP contribution is 2.23. The fourth-order valence-electron chi connectivity index (χ4n) is 2.16. The van der Waals surface area contributed by atoms with E-state index in [-0.39, 0.29) is 10.5 Å². The summed E-state index contributed by atoms with van der Waals surface area (Å²) in [6.07, 6.45) is 1.78. The predicted molar refractivity (Wildman–Crippen MR) is 64.8 cm³/mol. The molecule has 0 bridgehead atoms. The van der Waals surface area contributed by atoms with Crippen LogP contribution in [0.2, 0.25) is 0 Å². The molecule has 0 atom stereocenters. The van der Waals surface area contributed by atoms with E-state index in [0.717, 1.165) is 12.8 Å². The van der Waals surface area contributed by atoms with Gasteiger partial charge in [0.2, 0.25) is 10.0 Å². The molecule has 1 saturated heterocycles. The average molecular weight is 268 g/mol. The first-order valence-corrected chi connectivity index (χ1v) is 7.14. The lowest BCUT2D eigenvalue weighted by Gasteiger charge is -2.14. The van der Waals surface area contributed by atoms with Gasteiger partial charge in [0.1, 0.15) is 0 Å². The van der Waals surface area contributed by atoms with Crippen molar-refractivity contribution in [3.05, 3.63) is 28.7 Å². The number of aromatic nitrogens is 1. The number of sulfonamides is 1. The summed E-state index contributed by atoms with van der Waals surface area (Å²) in [6.45, 7) is 1.11. The van der Waals surface area contributed by atoms with E-state index >= 15 is 0 Å². The van der Waals surface area contributed by atoms with Gasteiger partial charge in [-0.3, -0.25) is 4.98 Å². The second kappa shape index (κ2) is 3.96. The molecule has 2 heterocycles. The zero-order valence-corrected chi connectivity index (χ0v) is 10.4. The predicted octanol–water partition coefficient (Wildman–Crippen LogP) is 0.906. The highest BCUT2D eigenvalue weighted by Gasteiger charge is 2.27. The number of hydrogen-bond acceptors (Lipinski definition) is 4. The Morgan fingerprint density at radius 1 is 1.22 bits per heavy atom. The van der Waals surface area contributed by atoms with Crippen molar-refractivity contribution in [1.82, 2.24) is 9.29 Å². The highest BCUT2D eigenvalue weighted by molar-refractivity contribution is 7.89. The summed E-state index contributed by atoms with van der Waals surface area (Å²) in [7, 11) is -3.46. The largest absolute Gasteiger partial charge is 0.417 e. The van der Waals surface area contributed by atoms with E-state index in [1.54, 1.807) is 6.07 Å². The first-order chi connectivity index (χ1) is 8.57. The van der Waals surface area contributed by atoms with Crippen LogP contribution in [-0.2, 0) is 10.0 Å². The smallest absolute Gasteiger partial charge is 0.408 e. The summed E-state index contributed by atoms with van der Waals surface area (Å²) in [6, 6.07) is 4.42. The van der Waals surface area contributed by atoms with Crippen LogP contribution in [0.3, 0.4) is 0 Å². The molecule has 1 aliphatic heterocycles. The molecule has 0 spiro atoms. The summed E-state index contributed by atoms with van der Waals surface area (Å²) < 4.78 is 30.9. The zero-order chi connectivity index (χ0) is 12.8. The van der Waals surface area contributed by atoms with E-state index in [4.69, 9.17) is 4.42 Å². The minimum atomic E-state index is -3.46. The summed E-state index contributed by atoms with van der Waals surface area (Å²) in [5, 5.41) is 0. The molecule has 0 radical (unpaired) electrons. The molecule has 1 N–H and O–H groups in total. The van der Waals surface area contributed by atoms with E-state index in [1.807, 2.05) is 0 Å². The number of fused-ring (bicyclic) bond motifs is 1. The molecule has 1 aromatic heterocycles. The van der Waals surface area contributed by atoms with Crippen LogP contribution in [0.4, 0.5) is 0 Å². The van der Waals surface area contributed by atoms with E-state index in [1.165, 1.54) is 16.4 Å². The number of oxazole rings is 1. The van der Waals surface area contributed by atoms with Gasteiger partial charge in [0.25, 0.3) is 0 Å². The van der Waals surface area contributed by atoms with Crippen LogP contribution in [0, 0.1) is 0 Å². The van der Waals surface area contributed by atoms with Gasteiger partial charge in [0.05, 0.1) is 10.4 Å². The number of nitrogens with one attached hydrogen (secondary N) is 1. The molecular weight excluding hydrogens is 256 g/mol. The Bertz CT molecular complexity index is 738. The Kier molecular flexibility index (Phi) is 2.53. The van der Waals surface area contributed by atoms with Crippen LogP contribution in [0.5, 0.6) is 0 Å². The second-order valence-corrected chi connectivity index (χ2v) is 6.22. The standard InChI is InChI=1S/C11H12N2O4S/c14-11-12-9-4-3-8(7-10(9)17-11)18(15,16)13-5-1-2-6-13/h3-4,7H,1-2,5-6H2,(H,12,14). The van der Waals surface area contributed by atoms with E-state index < -0.39 is 15.8 Å². The van der Waals surface area contributed by atoms with Gasteiger partial charge in [-0.05, 0) is 25.0 Å². The van der Waals surface area contributed by atoms with Gasteiger partial charge >= 0.3 is 5.76 Å². The molecule has 0 aliphatic carbocycles. The third kappa shape index (κ3) is 1.75. The molecule has 1 fully saturated rings. The molecular formula is C11H12N2O4S. The quantitative estimate of drug-likeness (QED) is 0.877. The normalized spacial score (nSPS) is 17.6. The molecule has 1 aliphatic rings. The van der Waals surface area contributed by atoms with E-state index in [2.05, 4.69) is 4.98 Å². The highest BCUT2D eigenvalue weighted by atomic mass is 32.2. The lowest BCUT2D eigenvalue weighted by Crippen LogP contribution is -2.27. The van der Waals surface area contributed by atoms with Crippen LogP contribution in [0.25, 0.3) is 11.1 Å². The topological polar surface area (TPSA) is 83.4 Å². The van der Waals surface area contributed by atoms with Crippen molar-refractivity contribution in [1.29, 1.82) is 0 Å². The number of nitrogens with zero attached hydrogens (tertiary/aromatic N) is 1. The Hall–Kier alpha value is -1.60. The molecule has 96 valence electrons. The lowest BCUT2D eigenvalue weighted by molar-refractivity contribution is 0.477.